The van der Waals surface area contributed by atoms with Gasteiger partial charge >= 0.3 is 0 Å². The molecule has 1 aromatic carbocycles. The number of carbonyl (C=O) groups is 2. The van der Waals surface area contributed by atoms with Crippen molar-refractivity contribution in [2.24, 2.45) is 10.2 Å². The van der Waals surface area contributed by atoms with Crippen molar-refractivity contribution in [1.29, 1.82) is 0 Å². The zero-order valence-corrected chi connectivity index (χ0v) is 25.8. The molecule has 6 nitrogen and oxygen atoms in total. The number of carbonyl (C=O) groups excluding carboxylic acids is 2. The molecule has 0 aliphatic heterocycles. The van der Waals surface area contributed by atoms with Gasteiger partial charge in [0.25, 0.3) is 0 Å². The fourth-order valence-electron chi connectivity index (χ4n) is 3.13. The number of aromatic nitrogens is 1. The van der Waals surface area contributed by atoms with Crippen molar-refractivity contribution in [3.63, 3.8) is 0 Å². The van der Waals surface area contributed by atoms with Gasteiger partial charge in [-0.1, -0.05) is 58.0 Å². The molecule has 2 aromatic rings. The fourth-order valence-corrected chi connectivity index (χ4v) is 3.99. The molecular weight excluding hydrogens is 530 g/mol. The van der Waals surface area contributed by atoms with E-state index in [-0.39, 0.29) is 5.92 Å². The molecule has 0 saturated heterocycles. The number of fused-ring (bicyclic) bond motifs is 1. The number of likely N-dealkylation sites (N-methyl/N-ethyl adjacent to an activating group) is 1. The third kappa shape index (κ3) is 17.4. The molecule has 9 heteroatoms. The molecular formula is C31H46F2N4O2S. The van der Waals surface area contributed by atoms with Crippen LogP contribution in [0.25, 0.3) is 12.2 Å². The van der Waals surface area contributed by atoms with Crippen LogP contribution in [0.2, 0.25) is 0 Å². The number of hydrogen-bond donors (Lipinski definition) is 2. The van der Waals surface area contributed by atoms with E-state index in [4.69, 9.17) is 9.59 Å². The van der Waals surface area contributed by atoms with Crippen molar-refractivity contribution < 1.29 is 18.4 Å². The minimum atomic E-state index is -0.516. The Morgan fingerprint density at radius 1 is 1.07 bits per heavy atom. The van der Waals surface area contributed by atoms with Crippen LogP contribution in [-0.2, 0) is 9.59 Å². The van der Waals surface area contributed by atoms with Gasteiger partial charge in [0.2, 0.25) is 0 Å². The molecule has 0 fully saturated rings. The standard InChI is InChI=1S/C16H21N3S.C10H13F2N.C3H8.2CH2O/c1-4-12(2)18-19-13(3)20-15-8-6-5-7-14-9-10-17-16(14)11-15;1-7(6-13-2)8-3-9(11)5-10(12)4-8;1-3-2;2*1-2/h5,7,9-11,17H,4,6,8H2,1-3H3;3-5,7,13H,6H2,1-2H3;3H2,1-2H3;2*1H2/b7-5-,15-11+,18-12+,19-13+;;;;. The highest BCUT2D eigenvalue weighted by Crippen LogP contribution is 2.28. The maximum absolute atomic E-state index is 12.8. The highest BCUT2D eigenvalue weighted by molar-refractivity contribution is 8.17. The van der Waals surface area contributed by atoms with E-state index in [1.165, 1.54) is 34.7 Å². The average Bonchev–Trinajstić information content (AvgIpc) is 3.36. The van der Waals surface area contributed by atoms with Gasteiger partial charge in [0.1, 0.15) is 25.2 Å². The van der Waals surface area contributed by atoms with Crippen molar-refractivity contribution in [2.75, 3.05) is 13.6 Å². The number of hydrogen-bond acceptors (Lipinski definition) is 6. The van der Waals surface area contributed by atoms with Gasteiger partial charge in [-0.15, -0.1) is 5.10 Å². The predicted molar refractivity (Wildman–Crippen MR) is 170 cm³/mol. The maximum Gasteiger partial charge on any atom is 0.126 e. The Morgan fingerprint density at radius 3 is 2.23 bits per heavy atom. The molecule has 222 valence electrons. The summed E-state index contributed by atoms with van der Waals surface area (Å²) in [5.74, 6) is -0.911. The van der Waals surface area contributed by atoms with E-state index in [2.05, 4.69) is 65.6 Å². The SMILES string of the molecule is C=O.C=O.CC/C(C)=N/N=C(\C)S/C1=C/c2[nH]ccc2/C=C\CC1.CCC.CNCC(C)c1cc(F)cc(F)c1. The summed E-state index contributed by atoms with van der Waals surface area (Å²) in [5, 5.41) is 12.5. The first-order valence-electron chi connectivity index (χ1n) is 13.2. The fraction of sp³-hybridized carbons (Fsp3) is 0.419. The Hall–Kier alpha value is -3.17. The first-order chi connectivity index (χ1) is 19.2. The lowest BCUT2D eigenvalue weighted by atomic mass is 10.0. The molecule has 1 aliphatic carbocycles. The van der Waals surface area contributed by atoms with Crippen molar-refractivity contribution in [1.82, 2.24) is 10.3 Å². The molecule has 40 heavy (non-hydrogen) atoms. The Balaban J connectivity index is 0. The normalized spacial score (nSPS) is 15.2. The third-order valence-electron chi connectivity index (χ3n) is 5.09. The summed E-state index contributed by atoms with van der Waals surface area (Å²) >= 11 is 1.71. The predicted octanol–water partition coefficient (Wildman–Crippen LogP) is 8.43. The number of nitrogens with zero attached hydrogens (tertiary/aromatic N) is 2. The smallest absolute Gasteiger partial charge is 0.126 e. The van der Waals surface area contributed by atoms with Gasteiger partial charge in [-0.05, 0) is 86.4 Å². The minimum absolute atomic E-state index is 0.121. The Kier molecular flexibility index (Phi) is 24.2. The number of aromatic amines is 1. The summed E-state index contributed by atoms with van der Waals surface area (Å²) < 4.78 is 25.5. The highest BCUT2D eigenvalue weighted by atomic mass is 32.2. The molecule has 0 spiro atoms. The number of H-pyrrole nitrogens is 1. The molecule has 0 bridgehead atoms. The van der Waals surface area contributed by atoms with Crippen molar-refractivity contribution in [2.45, 2.75) is 73.1 Å². The number of rotatable bonds is 6. The number of nitrogens with one attached hydrogen (secondary N) is 2. The lowest BCUT2D eigenvalue weighted by molar-refractivity contribution is -0.0987. The van der Waals surface area contributed by atoms with Crippen molar-refractivity contribution in [3.8, 4) is 0 Å². The van der Waals surface area contributed by atoms with E-state index in [9.17, 15) is 8.78 Å². The largest absolute Gasteiger partial charge is 0.361 e. The molecule has 0 saturated carbocycles. The molecule has 1 unspecified atom stereocenters. The molecule has 2 N–H and O–H groups in total. The van der Waals surface area contributed by atoms with Crippen LogP contribution in [-0.4, -0.2) is 42.9 Å². The highest BCUT2D eigenvalue weighted by Gasteiger charge is 2.08. The third-order valence-corrected chi connectivity index (χ3v) is 6.05. The van der Waals surface area contributed by atoms with Crippen LogP contribution in [0.5, 0.6) is 0 Å². The number of halogens is 2. The van der Waals surface area contributed by atoms with E-state index < -0.39 is 11.6 Å². The average molecular weight is 577 g/mol. The zero-order chi connectivity index (χ0) is 30.9. The summed E-state index contributed by atoms with van der Waals surface area (Å²) in [4.78, 5) is 20.6. The van der Waals surface area contributed by atoms with Gasteiger partial charge in [-0.25, -0.2) is 8.78 Å². The number of benzene rings is 1. The lowest BCUT2D eigenvalue weighted by Gasteiger charge is -2.10. The van der Waals surface area contributed by atoms with Crippen LogP contribution in [0.1, 0.15) is 90.0 Å². The van der Waals surface area contributed by atoms with Crippen LogP contribution in [0.4, 0.5) is 8.78 Å². The molecule has 1 atom stereocenters. The first kappa shape index (κ1) is 39.0. The minimum Gasteiger partial charge on any atom is -0.361 e. The molecule has 1 aliphatic rings. The van der Waals surface area contributed by atoms with Crippen LogP contribution < -0.4 is 5.32 Å². The van der Waals surface area contributed by atoms with Crippen molar-refractivity contribution >= 4 is 48.2 Å². The maximum atomic E-state index is 12.8. The number of thioether (sulfide) groups is 1. The second-order valence-corrected chi connectivity index (χ2v) is 10.00. The van der Waals surface area contributed by atoms with Crippen LogP contribution in [0, 0.1) is 11.6 Å². The van der Waals surface area contributed by atoms with E-state index in [0.717, 1.165) is 36.1 Å². The molecule has 0 radical (unpaired) electrons. The summed E-state index contributed by atoms with van der Waals surface area (Å²) in [6, 6.07) is 5.72. The molecule has 1 heterocycles. The van der Waals surface area contributed by atoms with Crippen molar-refractivity contribution in [3.05, 3.63) is 69.9 Å². The summed E-state index contributed by atoms with van der Waals surface area (Å²) in [5.41, 5.74) is 4.17. The van der Waals surface area contributed by atoms with Gasteiger partial charge in [-0.3, -0.25) is 0 Å². The summed E-state index contributed by atoms with van der Waals surface area (Å²) in [7, 11) is 1.81. The summed E-state index contributed by atoms with van der Waals surface area (Å²) in [6.45, 7) is 17.0. The lowest BCUT2D eigenvalue weighted by Crippen LogP contribution is -2.14. The van der Waals surface area contributed by atoms with E-state index >= 15 is 0 Å². The monoisotopic (exact) mass is 576 g/mol. The van der Waals surface area contributed by atoms with Crippen LogP contribution in [0.3, 0.4) is 0 Å². The van der Waals surface area contributed by atoms with Gasteiger partial charge in [-0.2, -0.15) is 5.10 Å². The van der Waals surface area contributed by atoms with Gasteiger partial charge in [0.15, 0.2) is 0 Å². The molecule has 0 amide bonds. The van der Waals surface area contributed by atoms with E-state index in [1.54, 1.807) is 11.8 Å². The first-order valence-corrected chi connectivity index (χ1v) is 14.0. The second kappa shape index (κ2) is 24.8. The molecule has 1 aromatic heterocycles. The summed E-state index contributed by atoms with van der Waals surface area (Å²) in [6.07, 6.45) is 12.9. The van der Waals surface area contributed by atoms with Gasteiger partial charge < -0.3 is 19.9 Å². The van der Waals surface area contributed by atoms with E-state index in [0.29, 0.717) is 12.1 Å². The second-order valence-electron chi connectivity index (χ2n) is 8.68. The Morgan fingerprint density at radius 2 is 1.68 bits per heavy atom. The van der Waals surface area contributed by atoms with Gasteiger partial charge in [0, 0.05) is 30.2 Å². The Labute approximate surface area is 243 Å². The van der Waals surface area contributed by atoms with Gasteiger partial charge in [0.05, 0.1) is 5.04 Å². The Bertz CT molecular complexity index is 1060. The van der Waals surface area contributed by atoms with Crippen LogP contribution in [0.15, 0.2) is 51.6 Å². The van der Waals surface area contributed by atoms with E-state index in [1.807, 2.05) is 47.6 Å². The topological polar surface area (TPSA) is 86.7 Å². The molecule has 3 rings (SSSR count). The zero-order valence-electron chi connectivity index (χ0n) is 25.0. The quantitative estimate of drug-likeness (QED) is 0.205. The number of allylic oxidation sites excluding steroid dienone is 2. The van der Waals surface area contributed by atoms with Crippen LogP contribution >= 0.6 is 11.8 Å².